The van der Waals surface area contributed by atoms with Gasteiger partial charge in [-0.2, -0.15) is 0 Å². The van der Waals surface area contributed by atoms with Gasteiger partial charge in [-0.3, -0.25) is 14.5 Å². The average Bonchev–Trinajstić information content (AvgIpc) is 3.34. The van der Waals surface area contributed by atoms with Crippen molar-refractivity contribution in [2.24, 2.45) is 0 Å². The first kappa shape index (κ1) is 19.0. The molecule has 2 fully saturated rings. The van der Waals surface area contributed by atoms with Crippen LogP contribution in [0.15, 0.2) is 35.2 Å². The number of thioether (sulfide) groups is 1. The molecular weight excluding hydrogens is 375 g/mol. The minimum atomic E-state index is -0.338. The first-order chi connectivity index (χ1) is 13.4. The van der Waals surface area contributed by atoms with Gasteiger partial charge in [-0.05, 0) is 73.9 Å². The van der Waals surface area contributed by atoms with Crippen molar-refractivity contribution in [2.45, 2.75) is 52.1 Å². The summed E-state index contributed by atoms with van der Waals surface area (Å²) in [6.07, 6.45) is 6.76. The summed E-state index contributed by atoms with van der Waals surface area (Å²) < 4.78 is 15.5. The molecule has 2 aliphatic rings. The van der Waals surface area contributed by atoms with Crippen molar-refractivity contribution in [3.63, 3.8) is 0 Å². The number of aromatic nitrogens is 1. The topological polar surface area (TPSA) is 42.3 Å². The molecular formula is C22H23FN2O2S. The molecule has 1 aliphatic carbocycles. The molecule has 2 amide bonds. The second-order valence-corrected chi connectivity index (χ2v) is 8.52. The average molecular weight is 399 g/mol. The quantitative estimate of drug-likeness (QED) is 0.630. The standard InChI is InChI=1S/C22H23FN2O2S/c1-14-11-17(15(2)25(14)19-5-3-4-6-19)12-20-21(26)24(22(27)28-20)13-16-7-9-18(23)10-8-16/h7-12,19H,3-6,13H2,1-2H3/b20-12-. The van der Waals surface area contributed by atoms with E-state index in [1.165, 1.54) is 48.4 Å². The third-order valence-corrected chi connectivity index (χ3v) is 6.53. The fourth-order valence-electron chi connectivity index (χ4n) is 4.22. The van der Waals surface area contributed by atoms with Crippen LogP contribution in [0, 0.1) is 19.7 Å². The van der Waals surface area contributed by atoms with E-state index in [2.05, 4.69) is 24.5 Å². The lowest BCUT2D eigenvalue weighted by Crippen LogP contribution is -2.27. The van der Waals surface area contributed by atoms with Gasteiger partial charge >= 0.3 is 0 Å². The predicted octanol–water partition coefficient (Wildman–Crippen LogP) is 5.60. The van der Waals surface area contributed by atoms with E-state index in [1.54, 1.807) is 12.1 Å². The Balaban J connectivity index is 1.57. The maximum atomic E-state index is 13.1. The molecule has 2 heterocycles. The van der Waals surface area contributed by atoms with Gasteiger partial charge in [0.15, 0.2) is 0 Å². The SMILES string of the molecule is Cc1cc(/C=C2\SC(=O)N(Cc3ccc(F)cc3)C2=O)c(C)n1C1CCCC1. The van der Waals surface area contributed by atoms with E-state index in [0.29, 0.717) is 10.9 Å². The molecule has 1 saturated heterocycles. The monoisotopic (exact) mass is 398 g/mol. The van der Waals surface area contributed by atoms with Crippen LogP contribution in [0.3, 0.4) is 0 Å². The molecule has 0 spiro atoms. The van der Waals surface area contributed by atoms with Crippen molar-refractivity contribution in [3.8, 4) is 0 Å². The second kappa shape index (κ2) is 7.59. The molecule has 0 radical (unpaired) electrons. The number of imide groups is 1. The zero-order valence-corrected chi connectivity index (χ0v) is 16.9. The lowest BCUT2D eigenvalue weighted by atomic mass is 10.2. The minimum absolute atomic E-state index is 0.156. The number of carbonyl (C=O) groups excluding carboxylic acids is 2. The molecule has 0 N–H and O–H groups in total. The van der Waals surface area contributed by atoms with Crippen LogP contribution >= 0.6 is 11.8 Å². The zero-order valence-electron chi connectivity index (χ0n) is 16.1. The van der Waals surface area contributed by atoms with Crippen LogP contribution in [0.5, 0.6) is 0 Å². The first-order valence-electron chi connectivity index (χ1n) is 9.62. The number of benzene rings is 1. The molecule has 0 unspecified atom stereocenters. The Morgan fingerprint density at radius 3 is 2.50 bits per heavy atom. The van der Waals surface area contributed by atoms with Gasteiger partial charge in [-0.15, -0.1) is 0 Å². The Hall–Kier alpha value is -2.34. The summed E-state index contributed by atoms with van der Waals surface area (Å²) in [6.45, 7) is 4.34. The van der Waals surface area contributed by atoms with Crippen molar-refractivity contribution in [2.75, 3.05) is 0 Å². The molecule has 1 aliphatic heterocycles. The van der Waals surface area contributed by atoms with Crippen LogP contribution < -0.4 is 0 Å². The molecule has 2 aromatic rings. The van der Waals surface area contributed by atoms with Crippen LogP contribution in [-0.4, -0.2) is 20.6 Å². The highest BCUT2D eigenvalue weighted by Gasteiger charge is 2.35. The molecule has 0 atom stereocenters. The molecule has 146 valence electrons. The number of hydrogen-bond donors (Lipinski definition) is 0. The third kappa shape index (κ3) is 3.53. The van der Waals surface area contributed by atoms with Gasteiger partial charge in [0.2, 0.25) is 0 Å². The number of amides is 2. The highest BCUT2D eigenvalue weighted by atomic mass is 32.2. The molecule has 6 heteroatoms. The fourth-order valence-corrected chi connectivity index (χ4v) is 5.05. The van der Waals surface area contributed by atoms with Gasteiger partial charge in [0.05, 0.1) is 11.4 Å². The van der Waals surface area contributed by atoms with Crippen molar-refractivity contribution >= 4 is 29.0 Å². The lowest BCUT2D eigenvalue weighted by Gasteiger charge is -2.17. The molecule has 1 aromatic heterocycles. The summed E-state index contributed by atoms with van der Waals surface area (Å²) in [4.78, 5) is 26.8. The molecule has 28 heavy (non-hydrogen) atoms. The number of aryl methyl sites for hydroxylation is 1. The van der Waals surface area contributed by atoms with Crippen LogP contribution in [-0.2, 0) is 11.3 Å². The van der Waals surface area contributed by atoms with E-state index in [0.717, 1.165) is 28.6 Å². The Morgan fingerprint density at radius 2 is 1.82 bits per heavy atom. The summed E-state index contributed by atoms with van der Waals surface area (Å²) in [5, 5.41) is -0.287. The van der Waals surface area contributed by atoms with Gasteiger partial charge in [0.1, 0.15) is 5.82 Å². The summed E-state index contributed by atoms with van der Waals surface area (Å²) in [7, 11) is 0. The smallest absolute Gasteiger partial charge is 0.293 e. The van der Waals surface area contributed by atoms with Gasteiger partial charge in [-0.25, -0.2) is 4.39 Å². The molecule has 1 saturated carbocycles. The lowest BCUT2D eigenvalue weighted by molar-refractivity contribution is -0.123. The molecule has 4 rings (SSSR count). The van der Waals surface area contributed by atoms with E-state index in [4.69, 9.17) is 0 Å². The number of hydrogen-bond acceptors (Lipinski definition) is 3. The van der Waals surface area contributed by atoms with Crippen LogP contribution in [0.4, 0.5) is 9.18 Å². The number of carbonyl (C=O) groups is 2. The van der Waals surface area contributed by atoms with Crippen molar-refractivity contribution < 1.29 is 14.0 Å². The Bertz CT molecular complexity index is 956. The molecule has 0 bridgehead atoms. The number of halogens is 1. The van der Waals surface area contributed by atoms with E-state index in [1.807, 2.05) is 6.08 Å². The number of rotatable bonds is 4. The molecule has 4 nitrogen and oxygen atoms in total. The van der Waals surface area contributed by atoms with E-state index in [-0.39, 0.29) is 23.5 Å². The largest absolute Gasteiger partial charge is 0.346 e. The summed E-state index contributed by atoms with van der Waals surface area (Å²) in [5.41, 5.74) is 4.07. The van der Waals surface area contributed by atoms with Gasteiger partial charge < -0.3 is 4.57 Å². The Labute approximate surface area is 168 Å². The van der Waals surface area contributed by atoms with Crippen LogP contribution in [0.2, 0.25) is 0 Å². The molecule has 1 aromatic carbocycles. The van der Waals surface area contributed by atoms with Crippen LogP contribution in [0.1, 0.15) is 54.2 Å². The summed E-state index contributed by atoms with van der Waals surface area (Å²) in [5.74, 6) is -0.625. The normalized spacial score (nSPS) is 19.4. The summed E-state index contributed by atoms with van der Waals surface area (Å²) in [6, 6.07) is 8.50. The van der Waals surface area contributed by atoms with E-state index in [9.17, 15) is 14.0 Å². The highest BCUT2D eigenvalue weighted by Crippen LogP contribution is 2.37. The number of nitrogens with zero attached hydrogens (tertiary/aromatic N) is 2. The van der Waals surface area contributed by atoms with Crippen molar-refractivity contribution in [1.29, 1.82) is 0 Å². The first-order valence-corrected chi connectivity index (χ1v) is 10.4. The second-order valence-electron chi connectivity index (χ2n) is 7.53. The minimum Gasteiger partial charge on any atom is -0.346 e. The Kier molecular flexibility index (Phi) is 5.15. The maximum Gasteiger partial charge on any atom is 0.293 e. The fraction of sp³-hybridized carbons (Fsp3) is 0.364. The van der Waals surface area contributed by atoms with Crippen molar-refractivity contribution in [1.82, 2.24) is 9.47 Å². The zero-order chi connectivity index (χ0) is 19.8. The van der Waals surface area contributed by atoms with E-state index >= 15 is 0 Å². The highest BCUT2D eigenvalue weighted by molar-refractivity contribution is 8.18. The van der Waals surface area contributed by atoms with Gasteiger partial charge in [-0.1, -0.05) is 25.0 Å². The van der Waals surface area contributed by atoms with Crippen molar-refractivity contribution in [3.05, 3.63) is 63.6 Å². The van der Waals surface area contributed by atoms with Gasteiger partial charge in [0.25, 0.3) is 11.1 Å². The Morgan fingerprint density at radius 1 is 1.14 bits per heavy atom. The maximum absolute atomic E-state index is 13.1. The van der Waals surface area contributed by atoms with E-state index < -0.39 is 0 Å². The van der Waals surface area contributed by atoms with Crippen LogP contribution in [0.25, 0.3) is 6.08 Å². The predicted molar refractivity (Wildman–Crippen MR) is 109 cm³/mol. The third-order valence-electron chi connectivity index (χ3n) is 5.63. The van der Waals surface area contributed by atoms with Gasteiger partial charge in [0, 0.05) is 17.4 Å². The summed E-state index contributed by atoms with van der Waals surface area (Å²) >= 11 is 0.970.